The zero-order valence-electron chi connectivity index (χ0n) is 8.02. The normalized spacial score (nSPS) is 10.2. The molecule has 0 radical (unpaired) electrons. The topological polar surface area (TPSA) is 33.1 Å². The second kappa shape index (κ2) is 4.45. The highest BCUT2D eigenvalue weighted by Crippen LogP contribution is 2.32. The standard InChI is InChI=1S/C12H10BrNO/c13-6-10-7-14-8-11(15)12(10)9-4-2-1-3-5-9/h1-5,7-8,15H,6H2. The molecule has 0 spiro atoms. The molecule has 2 aromatic rings. The molecule has 0 saturated carbocycles. The first-order chi connectivity index (χ1) is 7.33. The van der Waals surface area contributed by atoms with Crippen LogP contribution < -0.4 is 0 Å². The summed E-state index contributed by atoms with van der Waals surface area (Å²) in [7, 11) is 0. The van der Waals surface area contributed by atoms with E-state index in [9.17, 15) is 5.11 Å². The van der Waals surface area contributed by atoms with Gasteiger partial charge >= 0.3 is 0 Å². The SMILES string of the molecule is Oc1cncc(CBr)c1-c1ccccc1. The number of aromatic nitrogens is 1. The number of halogens is 1. The van der Waals surface area contributed by atoms with E-state index in [0.29, 0.717) is 5.33 Å². The lowest BCUT2D eigenvalue weighted by molar-refractivity contribution is 0.474. The van der Waals surface area contributed by atoms with Crippen molar-refractivity contribution in [1.29, 1.82) is 0 Å². The first-order valence-corrected chi connectivity index (χ1v) is 5.72. The maximum atomic E-state index is 9.79. The maximum absolute atomic E-state index is 9.79. The van der Waals surface area contributed by atoms with E-state index in [-0.39, 0.29) is 5.75 Å². The lowest BCUT2D eigenvalue weighted by Crippen LogP contribution is -1.88. The molecule has 0 aliphatic carbocycles. The highest BCUT2D eigenvalue weighted by atomic mass is 79.9. The Balaban J connectivity index is 2.61. The molecule has 0 amide bonds. The summed E-state index contributed by atoms with van der Waals surface area (Å²) in [6.07, 6.45) is 3.23. The number of hydrogen-bond donors (Lipinski definition) is 1. The van der Waals surface area contributed by atoms with Gasteiger partial charge in [-0.05, 0) is 11.1 Å². The Bertz CT molecular complexity index is 456. The van der Waals surface area contributed by atoms with Gasteiger partial charge in [0.2, 0.25) is 0 Å². The van der Waals surface area contributed by atoms with Crippen LogP contribution in [-0.4, -0.2) is 10.1 Å². The van der Waals surface area contributed by atoms with Gasteiger partial charge in [-0.3, -0.25) is 4.98 Å². The lowest BCUT2D eigenvalue weighted by Gasteiger charge is -2.08. The second-order valence-corrected chi connectivity index (χ2v) is 3.75. The van der Waals surface area contributed by atoms with Crippen LogP contribution in [0.3, 0.4) is 0 Å². The number of pyridine rings is 1. The van der Waals surface area contributed by atoms with Gasteiger partial charge < -0.3 is 5.11 Å². The van der Waals surface area contributed by atoms with Crippen LogP contribution in [0.2, 0.25) is 0 Å². The van der Waals surface area contributed by atoms with Gasteiger partial charge in [-0.25, -0.2) is 0 Å². The van der Waals surface area contributed by atoms with Crippen molar-refractivity contribution < 1.29 is 5.11 Å². The van der Waals surface area contributed by atoms with Gasteiger partial charge in [0, 0.05) is 17.1 Å². The Hall–Kier alpha value is -1.35. The fraction of sp³-hybridized carbons (Fsp3) is 0.0833. The average molecular weight is 264 g/mol. The first-order valence-electron chi connectivity index (χ1n) is 4.60. The Morgan fingerprint density at radius 3 is 2.53 bits per heavy atom. The van der Waals surface area contributed by atoms with Crippen LogP contribution in [0, 0.1) is 0 Å². The first kappa shape index (κ1) is 10.2. The minimum absolute atomic E-state index is 0.221. The molecular formula is C12H10BrNO. The second-order valence-electron chi connectivity index (χ2n) is 3.19. The van der Waals surface area contributed by atoms with Gasteiger partial charge in [0.1, 0.15) is 5.75 Å². The molecule has 0 unspecified atom stereocenters. The quantitative estimate of drug-likeness (QED) is 0.844. The number of rotatable bonds is 2. The lowest BCUT2D eigenvalue weighted by atomic mass is 10.0. The molecule has 0 fully saturated rings. The number of benzene rings is 1. The summed E-state index contributed by atoms with van der Waals surface area (Å²) in [5.41, 5.74) is 2.84. The van der Waals surface area contributed by atoms with Gasteiger partial charge in [-0.1, -0.05) is 46.3 Å². The van der Waals surface area contributed by atoms with Crippen molar-refractivity contribution in [2.24, 2.45) is 0 Å². The van der Waals surface area contributed by atoms with E-state index >= 15 is 0 Å². The third kappa shape index (κ3) is 2.02. The van der Waals surface area contributed by atoms with Crippen LogP contribution in [0.5, 0.6) is 5.75 Å². The third-order valence-corrected chi connectivity index (χ3v) is 2.81. The van der Waals surface area contributed by atoms with E-state index in [1.54, 1.807) is 6.20 Å². The van der Waals surface area contributed by atoms with Crippen LogP contribution in [-0.2, 0) is 5.33 Å². The number of hydrogen-bond acceptors (Lipinski definition) is 2. The van der Waals surface area contributed by atoms with E-state index in [1.807, 2.05) is 30.3 Å². The summed E-state index contributed by atoms with van der Waals surface area (Å²) >= 11 is 3.39. The van der Waals surface area contributed by atoms with E-state index in [4.69, 9.17) is 0 Å². The van der Waals surface area contributed by atoms with Gasteiger partial charge in [-0.15, -0.1) is 0 Å². The Kier molecular flexibility index (Phi) is 3.02. The predicted molar refractivity (Wildman–Crippen MR) is 64.0 cm³/mol. The van der Waals surface area contributed by atoms with Gasteiger partial charge in [0.25, 0.3) is 0 Å². The molecule has 76 valence electrons. The predicted octanol–water partition coefficient (Wildman–Crippen LogP) is 3.35. The maximum Gasteiger partial charge on any atom is 0.141 e. The molecule has 0 aliphatic heterocycles. The molecule has 1 aromatic carbocycles. The van der Waals surface area contributed by atoms with E-state index in [2.05, 4.69) is 20.9 Å². The molecule has 0 atom stereocenters. The molecule has 0 saturated heterocycles. The smallest absolute Gasteiger partial charge is 0.141 e. The van der Waals surface area contributed by atoms with Crippen molar-refractivity contribution in [1.82, 2.24) is 4.98 Å². The number of nitrogens with zero attached hydrogens (tertiary/aromatic N) is 1. The molecule has 1 heterocycles. The average Bonchev–Trinajstić information content (AvgIpc) is 2.29. The fourth-order valence-corrected chi connectivity index (χ4v) is 1.96. The van der Waals surface area contributed by atoms with E-state index in [1.165, 1.54) is 6.20 Å². The molecule has 1 N–H and O–H groups in total. The molecule has 1 aromatic heterocycles. The number of alkyl halides is 1. The Labute approximate surface area is 96.7 Å². The van der Waals surface area contributed by atoms with Gasteiger partial charge in [0.15, 0.2) is 0 Å². The summed E-state index contributed by atoms with van der Waals surface area (Å²) in [5, 5.41) is 10.5. The number of aromatic hydroxyl groups is 1. The molecule has 15 heavy (non-hydrogen) atoms. The summed E-state index contributed by atoms with van der Waals surface area (Å²) < 4.78 is 0. The van der Waals surface area contributed by atoms with Crippen LogP contribution in [0.4, 0.5) is 0 Å². The van der Waals surface area contributed by atoms with E-state index in [0.717, 1.165) is 16.7 Å². The molecule has 2 nitrogen and oxygen atoms in total. The molecule has 2 rings (SSSR count). The Morgan fingerprint density at radius 1 is 1.13 bits per heavy atom. The summed E-state index contributed by atoms with van der Waals surface area (Å²) in [6.45, 7) is 0. The van der Waals surface area contributed by atoms with Crippen LogP contribution >= 0.6 is 15.9 Å². The minimum atomic E-state index is 0.221. The van der Waals surface area contributed by atoms with Crippen LogP contribution in [0.15, 0.2) is 42.7 Å². The summed E-state index contributed by atoms with van der Waals surface area (Å²) in [5.74, 6) is 0.221. The van der Waals surface area contributed by atoms with E-state index < -0.39 is 0 Å². The van der Waals surface area contributed by atoms with Gasteiger partial charge in [0.05, 0.1) is 6.20 Å². The van der Waals surface area contributed by atoms with Crippen molar-refractivity contribution >= 4 is 15.9 Å². The largest absolute Gasteiger partial charge is 0.506 e. The van der Waals surface area contributed by atoms with Gasteiger partial charge in [-0.2, -0.15) is 0 Å². The zero-order chi connectivity index (χ0) is 10.7. The highest BCUT2D eigenvalue weighted by molar-refractivity contribution is 9.08. The van der Waals surface area contributed by atoms with Crippen molar-refractivity contribution in [3.05, 3.63) is 48.3 Å². The van der Waals surface area contributed by atoms with Crippen molar-refractivity contribution in [3.8, 4) is 16.9 Å². The fourth-order valence-electron chi connectivity index (χ4n) is 1.53. The minimum Gasteiger partial charge on any atom is -0.506 e. The summed E-state index contributed by atoms with van der Waals surface area (Å²) in [4.78, 5) is 3.96. The molecule has 3 heteroatoms. The molecular weight excluding hydrogens is 254 g/mol. The highest BCUT2D eigenvalue weighted by Gasteiger charge is 2.09. The third-order valence-electron chi connectivity index (χ3n) is 2.21. The molecule has 0 aliphatic rings. The summed E-state index contributed by atoms with van der Waals surface area (Å²) in [6, 6.07) is 9.80. The molecule has 0 bridgehead atoms. The Morgan fingerprint density at radius 2 is 1.87 bits per heavy atom. The van der Waals surface area contributed by atoms with Crippen molar-refractivity contribution in [2.75, 3.05) is 0 Å². The monoisotopic (exact) mass is 263 g/mol. The van der Waals surface area contributed by atoms with Crippen LogP contribution in [0.1, 0.15) is 5.56 Å². The van der Waals surface area contributed by atoms with Crippen LogP contribution in [0.25, 0.3) is 11.1 Å². The van der Waals surface area contributed by atoms with Crippen molar-refractivity contribution in [2.45, 2.75) is 5.33 Å². The zero-order valence-corrected chi connectivity index (χ0v) is 9.61. The van der Waals surface area contributed by atoms with Crippen molar-refractivity contribution in [3.63, 3.8) is 0 Å².